The van der Waals surface area contributed by atoms with Crippen molar-refractivity contribution in [2.75, 3.05) is 0 Å². The topological polar surface area (TPSA) is 17.8 Å². The van der Waals surface area contributed by atoms with Crippen LogP contribution >= 0.6 is 0 Å². The smallest absolute Gasteiger partial charge is 0.141 e. The van der Waals surface area contributed by atoms with Crippen molar-refractivity contribution in [1.82, 2.24) is 9.55 Å². The normalized spacial score (nSPS) is 11.1. The van der Waals surface area contributed by atoms with Gasteiger partial charge in [-0.25, -0.2) is 9.37 Å². The van der Waals surface area contributed by atoms with Gasteiger partial charge >= 0.3 is 0 Å². The molecule has 2 nitrogen and oxygen atoms in total. The average Bonchev–Trinajstić information content (AvgIpc) is 2.87. The zero-order valence-electron chi connectivity index (χ0n) is 12.2. The van der Waals surface area contributed by atoms with E-state index in [1.54, 1.807) is 12.1 Å². The van der Waals surface area contributed by atoms with Crippen molar-refractivity contribution < 1.29 is 4.39 Å². The first-order valence-corrected chi connectivity index (χ1v) is 7.51. The number of para-hydroxylation sites is 2. The van der Waals surface area contributed by atoms with Gasteiger partial charge < -0.3 is 4.57 Å². The van der Waals surface area contributed by atoms with Crippen molar-refractivity contribution in [1.29, 1.82) is 0 Å². The molecule has 3 heteroatoms. The highest BCUT2D eigenvalue weighted by Crippen LogP contribution is 2.25. The van der Waals surface area contributed by atoms with E-state index >= 15 is 0 Å². The molecule has 108 valence electrons. The van der Waals surface area contributed by atoms with Gasteiger partial charge in [0.25, 0.3) is 0 Å². The third-order valence-corrected chi connectivity index (χ3v) is 3.74. The first-order chi connectivity index (χ1) is 10.3. The van der Waals surface area contributed by atoms with Crippen molar-refractivity contribution in [2.24, 2.45) is 0 Å². The Balaban J connectivity index is 2.07. The molecule has 0 unspecified atom stereocenters. The maximum Gasteiger partial charge on any atom is 0.141 e. The van der Waals surface area contributed by atoms with Crippen LogP contribution in [0.5, 0.6) is 0 Å². The molecular formula is C18H19FN2. The zero-order valence-corrected chi connectivity index (χ0v) is 12.2. The maximum absolute atomic E-state index is 13.1. The van der Waals surface area contributed by atoms with Gasteiger partial charge in [0.2, 0.25) is 0 Å². The molecule has 0 radical (unpaired) electrons. The predicted molar refractivity (Wildman–Crippen MR) is 84.7 cm³/mol. The summed E-state index contributed by atoms with van der Waals surface area (Å²) in [6.45, 7) is 3.15. The molecule has 1 aromatic heterocycles. The van der Waals surface area contributed by atoms with Crippen molar-refractivity contribution in [3.63, 3.8) is 0 Å². The van der Waals surface area contributed by atoms with E-state index in [0.29, 0.717) is 0 Å². The van der Waals surface area contributed by atoms with Gasteiger partial charge in [0.05, 0.1) is 11.0 Å². The molecule has 21 heavy (non-hydrogen) atoms. The third-order valence-electron chi connectivity index (χ3n) is 3.74. The third kappa shape index (κ3) is 2.82. The predicted octanol–water partition coefficient (Wildman–Crippen LogP) is 5.03. The Kier molecular flexibility index (Phi) is 4.00. The summed E-state index contributed by atoms with van der Waals surface area (Å²) in [7, 11) is 0. The number of fused-ring (bicyclic) bond motifs is 1. The van der Waals surface area contributed by atoms with E-state index < -0.39 is 0 Å². The largest absolute Gasteiger partial charge is 0.324 e. The molecule has 3 rings (SSSR count). The molecule has 0 saturated heterocycles. The number of unbranched alkanes of at least 4 members (excludes halogenated alkanes) is 2. The minimum atomic E-state index is -0.215. The van der Waals surface area contributed by atoms with Crippen LogP contribution in [-0.4, -0.2) is 9.55 Å². The van der Waals surface area contributed by atoms with Gasteiger partial charge in [-0.15, -0.1) is 0 Å². The van der Waals surface area contributed by atoms with Gasteiger partial charge in [0, 0.05) is 12.1 Å². The van der Waals surface area contributed by atoms with E-state index in [-0.39, 0.29) is 5.82 Å². The fraction of sp³-hybridized carbons (Fsp3) is 0.278. The quantitative estimate of drug-likeness (QED) is 0.600. The minimum absolute atomic E-state index is 0.215. The van der Waals surface area contributed by atoms with Crippen molar-refractivity contribution in [3.05, 3.63) is 54.3 Å². The Morgan fingerprint density at radius 2 is 1.76 bits per heavy atom. The van der Waals surface area contributed by atoms with E-state index in [4.69, 9.17) is 4.98 Å². The first kappa shape index (κ1) is 13.8. The van der Waals surface area contributed by atoms with Crippen LogP contribution in [0.3, 0.4) is 0 Å². The van der Waals surface area contributed by atoms with E-state index in [1.165, 1.54) is 25.0 Å². The second-order valence-electron chi connectivity index (χ2n) is 5.29. The number of aromatic nitrogens is 2. The van der Waals surface area contributed by atoms with E-state index in [9.17, 15) is 4.39 Å². The molecule has 0 bridgehead atoms. The Morgan fingerprint density at radius 3 is 2.52 bits per heavy atom. The molecule has 3 aromatic rings. The van der Waals surface area contributed by atoms with Crippen LogP contribution in [0.4, 0.5) is 4.39 Å². The molecule has 0 amide bonds. The van der Waals surface area contributed by atoms with Crippen molar-refractivity contribution in [2.45, 2.75) is 32.7 Å². The van der Waals surface area contributed by atoms with E-state index in [0.717, 1.165) is 35.4 Å². The summed E-state index contributed by atoms with van der Waals surface area (Å²) in [5, 5.41) is 0. The Bertz CT molecular complexity index is 729. The number of benzene rings is 2. The Hall–Kier alpha value is -2.16. The van der Waals surface area contributed by atoms with Crippen LogP contribution in [0.25, 0.3) is 22.4 Å². The standard InChI is InChI=1S/C18H19FN2/c1-2-3-6-13-21-17-8-5-4-7-16(17)20-18(21)14-9-11-15(19)12-10-14/h4-5,7-12H,2-3,6,13H2,1H3. The molecule has 0 saturated carbocycles. The Labute approximate surface area is 124 Å². The number of hydrogen-bond donors (Lipinski definition) is 0. The molecule has 0 spiro atoms. The molecule has 0 aliphatic heterocycles. The molecule has 0 atom stereocenters. The lowest BCUT2D eigenvalue weighted by molar-refractivity contribution is 0.616. The maximum atomic E-state index is 13.1. The Morgan fingerprint density at radius 1 is 1.00 bits per heavy atom. The lowest BCUT2D eigenvalue weighted by Crippen LogP contribution is -2.00. The average molecular weight is 282 g/mol. The van der Waals surface area contributed by atoms with Crippen LogP contribution in [0.2, 0.25) is 0 Å². The van der Waals surface area contributed by atoms with Gasteiger partial charge in [0.15, 0.2) is 0 Å². The summed E-state index contributed by atoms with van der Waals surface area (Å²) < 4.78 is 15.4. The second-order valence-corrected chi connectivity index (χ2v) is 5.29. The van der Waals surface area contributed by atoms with Gasteiger partial charge in [-0.3, -0.25) is 0 Å². The second kappa shape index (κ2) is 6.08. The van der Waals surface area contributed by atoms with Gasteiger partial charge in [-0.2, -0.15) is 0 Å². The number of nitrogens with zero attached hydrogens (tertiary/aromatic N) is 2. The number of rotatable bonds is 5. The van der Waals surface area contributed by atoms with Crippen LogP contribution in [0, 0.1) is 5.82 Å². The monoisotopic (exact) mass is 282 g/mol. The highest BCUT2D eigenvalue weighted by atomic mass is 19.1. The summed E-state index contributed by atoms with van der Waals surface area (Å²) in [5.74, 6) is 0.708. The fourth-order valence-corrected chi connectivity index (χ4v) is 2.64. The summed E-state index contributed by atoms with van der Waals surface area (Å²) in [5.41, 5.74) is 3.10. The number of aryl methyl sites for hydroxylation is 1. The lowest BCUT2D eigenvalue weighted by atomic mass is 10.2. The molecule has 0 N–H and O–H groups in total. The van der Waals surface area contributed by atoms with Crippen LogP contribution < -0.4 is 0 Å². The van der Waals surface area contributed by atoms with Crippen molar-refractivity contribution >= 4 is 11.0 Å². The van der Waals surface area contributed by atoms with Gasteiger partial charge in [0.1, 0.15) is 11.6 Å². The number of halogens is 1. The zero-order chi connectivity index (χ0) is 14.7. The highest BCUT2D eigenvalue weighted by molar-refractivity contribution is 5.80. The summed E-state index contributed by atoms with van der Waals surface area (Å²) >= 11 is 0. The minimum Gasteiger partial charge on any atom is -0.324 e. The SMILES string of the molecule is CCCCCn1c(-c2ccc(F)cc2)nc2ccccc21. The molecular weight excluding hydrogens is 263 g/mol. The van der Waals surface area contributed by atoms with Crippen LogP contribution in [-0.2, 0) is 6.54 Å². The molecule has 0 aliphatic carbocycles. The first-order valence-electron chi connectivity index (χ1n) is 7.51. The van der Waals surface area contributed by atoms with Gasteiger partial charge in [-0.05, 0) is 42.8 Å². The molecule has 0 fully saturated rings. The number of hydrogen-bond acceptors (Lipinski definition) is 1. The van der Waals surface area contributed by atoms with E-state index in [1.807, 2.05) is 18.2 Å². The molecule has 1 heterocycles. The van der Waals surface area contributed by atoms with Crippen molar-refractivity contribution in [3.8, 4) is 11.4 Å². The summed E-state index contributed by atoms with van der Waals surface area (Å²) in [6.07, 6.45) is 3.53. The van der Waals surface area contributed by atoms with Crippen LogP contribution in [0.15, 0.2) is 48.5 Å². The van der Waals surface area contributed by atoms with Crippen LogP contribution in [0.1, 0.15) is 26.2 Å². The fourth-order valence-electron chi connectivity index (χ4n) is 2.64. The highest BCUT2D eigenvalue weighted by Gasteiger charge is 2.11. The number of imidazole rings is 1. The van der Waals surface area contributed by atoms with Gasteiger partial charge in [-0.1, -0.05) is 31.9 Å². The summed E-state index contributed by atoms with van der Waals surface area (Å²) in [6, 6.07) is 14.7. The lowest BCUT2D eigenvalue weighted by Gasteiger charge is -2.09. The molecule has 0 aliphatic rings. The summed E-state index contributed by atoms with van der Waals surface area (Å²) in [4.78, 5) is 4.73. The molecule has 2 aromatic carbocycles. The van der Waals surface area contributed by atoms with E-state index in [2.05, 4.69) is 17.6 Å².